The normalized spacial score (nSPS) is 13.9. The van der Waals surface area contributed by atoms with Crippen LogP contribution in [0.4, 0.5) is 0 Å². The van der Waals surface area contributed by atoms with Crippen LogP contribution in [0.25, 0.3) is 10.6 Å². The predicted molar refractivity (Wildman–Crippen MR) is 83.2 cm³/mol. The highest BCUT2D eigenvalue weighted by Gasteiger charge is 2.16. The predicted octanol–water partition coefficient (Wildman–Crippen LogP) is 3.01. The van der Waals surface area contributed by atoms with Crippen molar-refractivity contribution in [2.75, 3.05) is 6.54 Å². The van der Waals surface area contributed by atoms with Gasteiger partial charge < -0.3 is 10.4 Å². The van der Waals surface area contributed by atoms with Crippen molar-refractivity contribution in [2.45, 2.75) is 26.4 Å². The second-order valence-corrected chi connectivity index (χ2v) is 6.35. The number of aliphatic hydroxyl groups is 1. The molecule has 0 saturated carbocycles. The molecule has 20 heavy (non-hydrogen) atoms. The molecule has 2 aromatic rings. The average molecular weight is 310 g/mol. The van der Waals surface area contributed by atoms with Gasteiger partial charge in [0.05, 0.1) is 6.10 Å². The summed E-state index contributed by atoms with van der Waals surface area (Å²) in [4.78, 5) is 16.3. The number of amides is 1. The van der Waals surface area contributed by atoms with Crippen LogP contribution in [0.5, 0.6) is 0 Å². The van der Waals surface area contributed by atoms with Crippen molar-refractivity contribution in [2.24, 2.45) is 5.92 Å². The van der Waals surface area contributed by atoms with Crippen molar-refractivity contribution in [3.8, 4) is 10.6 Å². The Hall–Kier alpha value is -1.24. The molecule has 4 nitrogen and oxygen atoms in total. The summed E-state index contributed by atoms with van der Waals surface area (Å²) < 4.78 is 0. The first-order valence-corrected chi connectivity index (χ1v) is 8.38. The molecule has 0 aromatic carbocycles. The van der Waals surface area contributed by atoms with Crippen molar-refractivity contribution in [3.63, 3.8) is 0 Å². The summed E-state index contributed by atoms with van der Waals surface area (Å²) >= 11 is 3.06. The van der Waals surface area contributed by atoms with Crippen LogP contribution in [-0.4, -0.2) is 28.6 Å². The van der Waals surface area contributed by atoms with Crippen molar-refractivity contribution >= 4 is 28.6 Å². The molecule has 108 valence electrons. The summed E-state index contributed by atoms with van der Waals surface area (Å²) in [7, 11) is 0. The lowest BCUT2D eigenvalue weighted by atomic mass is 10.0. The molecule has 2 atom stereocenters. The SMILES string of the molecule is CCC(C)C(O)CNC(=O)c1csc(-c2ccsc2)n1. The molecule has 0 radical (unpaired) electrons. The van der Waals surface area contributed by atoms with E-state index in [1.54, 1.807) is 16.7 Å². The van der Waals surface area contributed by atoms with E-state index in [4.69, 9.17) is 0 Å². The molecule has 0 fully saturated rings. The third-order valence-electron chi connectivity index (χ3n) is 3.28. The van der Waals surface area contributed by atoms with Crippen molar-refractivity contribution in [3.05, 3.63) is 27.9 Å². The van der Waals surface area contributed by atoms with Crippen LogP contribution in [0.15, 0.2) is 22.2 Å². The van der Waals surface area contributed by atoms with Crippen LogP contribution >= 0.6 is 22.7 Å². The molecule has 2 unspecified atom stereocenters. The second kappa shape index (κ2) is 6.97. The van der Waals surface area contributed by atoms with E-state index < -0.39 is 6.10 Å². The monoisotopic (exact) mass is 310 g/mol. The van der Waals surface area contributed by atoms with E-state index in [1.165, 1.54) is 11.3 Å². The largest absolute Gasteiger partial charge is 0.391 e. The number of nitrogens with zero attached hydrogens (tertiary/aromatic N) is 1. The minimum atomic E-state index is -0.515. The van der Waals surface area contributed by atoms with Gasteiger partial charge in [-0.15, -0.1) is 11.3 Å². The average Bonchev–Trinajstić information content (AvgIpc) is 3.12. The number of hydrogen-bond donors (Lipinski definition) is 2. The van der Waals surface area contributed by atoms with Gasteiger partial charge in [-0.3, -0.25) is 4.79 Å². The Kier molecular flexibility index (Phi) is 5.28. The highest BCUT2D eigenvalue weighted by Crippen LogP contribution is 2.25. The quantitative estimate of drug-likeness (QED) is 0.862. The lowest BCUT2D eigenvalue weighted by Gasteiger charge is -2.17. The number of carbonyl (C=O) groups excluding carboxylic acids is 1. The number of nitrogens with one attached hydrogen (secondary N) is 1. The first kappa shape index (κ1) is 15.2. The first-order valence-electron chi connectivity index (χ1n) is 6.56. The molecule has 0 aliphatic carbocycles. The van der Waals surface area contributed by atoms with Crippen LogP contribution < -0.4 is 5.32 Å². The van der Waals surface area contributed by atoms with E-state index in [0.29, 0.717) is 5.69 Å². The summed E-state index contributed by atoms with van der Waals surface area (Å²) in [6.07, 6.45) is 0.370. The van der Waals surface area contributed by atoms with Gasteiger partial charge in [-0.2, -0.15) is 11.3 Å². The van der Waals surface area contributed by atoms with Gasteiger partial charge in [0.25, 0.3) is 5.91 Å². The summed E-state index contributed by atoms with van der Waals surface area (Å²) in [6, 6.07) is 1.98. The number of aromatic nitrogens is 1. The van der Waals surface area contributed by atoms with Gasteiger partial charge in [0.15, 0.2) is 0 Å². The summed E-state index contributed by atoms with van der Waals surface area (Å²) in [5, 5.41) is 19.2. The number of carbonyl (C=O) groups is 1. The van der Waals surface area contributed by atoms with Gasteiger partial charge in [0.1, 0.15) is 10.7 Å². The molecule has 2 N–H and O–H groups in total. The molecular formula is C14H18N2O2S2. The fourth-order valence-corrected chi connectivity index (χ4v) is 3.17. The molecule has 2 rings (SSSR count). The fraction of sp³-hybridized carbons (Fsp3) is 0.429. The van der Waals surface area contributed by atoms with Crippen LogP contribution in [0.2, 0.25) is 0 Å². The minimum absolute atomic E-state index is 0.173. The van der Waals surface area contributed by atoms with Gasteiger partial charge >= 0.3 is 0 Å². The van der Waals surface area contributed by atoms with E-state index in [1.807, 2.05) is 30.7 Å². The van der Waals surface area contributed by atoms with Crippen molar-refractivity contribution in [1.29, 1.82) is 0 Å². The lowest BCUT2D eigenvalue weighted by molar-refractivity contribution is 0.0846. The van der Waals surface area contributed by atoms with E-state index in [9.17, 15) is 9.90 Å². The zero-order valence-electron chi connectivity index (χ0n) is 11.5. The van der Waals surface area contributed by atoms with E-state index >= 15 is 0 Å². The summed E-state index contributed by atoms with van der Waals surface area (Å²) in [5.41, 5.74) is 1.45. The maximum absolute atomic E-state index is 12.0. The number of rotatable bonds is 6. The molecule has 2 aromatic heterocycles. The van der Waals surface area contributed by atoms with E-state index in [0.717, 1.165) is 17.0 Å². The topological polar surface area (TPSA) is 62.2 Å². The van der Waals surface area contributed by atoms with Gasteiger partial charge in [0, 0.05) is 22.9 Å². The van der Waals surface area contributed by atoms with Crippen LogP contribution in [-0.2, 0) is 0 Å². The van der Waals surface area contributed by atoms with Crippen LogP contribution in [0.1, 0.15) is 30.8 Å². The van der Waals surface area contributed by atoms with E-state index in [-0.39, 0.29) is 18.4 Å². The van der Waals surface area contributed by atoms with Gasteiger partial charge in [-0.05, 0) is 17.4 Å². The number of thiophene rings is 1. The van der Waals surface area contributed by atoms with E-state index in [2.05, 4.69) is 10.3 Å². The maximum atomic E-state index is 12.0. The molecule has 2 heterocycles. The molecule has 0 bridgehead atoms. The Morgan fingerprint density at radius 2 is 2.30 bits per heavy atom. The number of hydrogen-bond acceptors (Lipinski definition) is 5. The molecule has 6 heteroatoms. The van der Waals surface area contributed by atoms with Gasteiger partial charge in [-0.1, -0.05) is 20.3 Å². The highest BCUT2D eigenvalue weighted by atomic mass is 32.1. The molecule has 0 aliphatic heterocycles. The Bertz CT molecular complexity index is 551. The van der Waals surface area contributed by atoms with Crippen molar-refractivity contribution < 1.29 is 9.90 Å². The minimum Gasteiger partial charge on any atom is -0.391 e. The Balaban J connectivity index is 1.93. The zero-order chi connectivity index (χ0) is 14.5. The summed E-state index contributed by atoms with van der Waals surface area (Å²) in [6.45, 7) is 4.25. The fourth-order valence-electron chi connectivity index (χ4n) is 1.66. The second-order valence-electron chi connectivity index (χ2n) is 4.71. The Morgan fingerprint density at radius 3 is 2.95 bits per heavy atom. The van der Waals surface area contributed by atoms with Crippen LogP contribution in [0, 0.1) is 5.92 Å². The Labute approximate surface area is 126 Å². The highest BCUT2D eigenvalue weighted by molar-refractivity contribution is 7.14. The third kappa shape index (κ3) is 3.65. The van der Waals surface area contributed by atoms with Gasteiger partial charge in [-0.25, -0.2) is 4.98 Å². The number of thiazole rings is 1. The van der Waals surface area contributed by atoms with Crippen molar-refractivity contribution in [1.82, 2.24) is 10.3 Å². The number of aliphatic hydroxyl groups excluding tert-OH is 1. The molecule has 1 amide bonds. The molecule has 0 saturated heterocycles. The third-order valence-corrected chi connectivity index (χ3v) is 4.85. The standard InChI is InChI=1S/C14H18N2O2S2/c1-3-9(2)12(17)6-15-13(18)11-8-20-14(16-11)10-4-5-19-7-10/h4-5,7-9,12,17H,3,6H2,1-2H3,(H,15,18). The summed E-state index contributed by atoms with van der Waals surface area (Å²) in [5.74, 6) is -0.0582. The molecule has 0 spiro atoms. The smallest absolute Gasteiger partial charge is 0.270 e. The zero-order valence-corrected chi connectivity index (χ0v) is 13.1. The lowest BCUT2D eigenvalue weighted by Crippen LogP contribution is -2.35. The molecular weight excluding hydrogens is 292 g/mol. The maximum Gasteiger partial charge on any atom is 0.270 e. The Morgan fingerprint density at radius 1 is 1.50 bits per heavy atom. The van der Waals surface area contributed by atoms with Gasteiger partial charge in [0.2, 0.25) is 0 Å². The first-order chi connectivity index (χ1) is 9.61. The molecule has 0 aliphatic rings. The van der Waals surface area contributed by atoms with Crippen LogP contribution in [0.3, 0.4) is 0 Å².